The van der Waals surface area contributed by atoms with Crippen molar-refractivity contribution in [3.05, 3.63) is 61.7 Å². The number of allylic oxidation sites excluding steroid dienone is 1. The van der Waals surface area contributed by atoms with E-state index in [1.807, 2.05) is 12.3 Å². The molecule has 3 aromatic rings. The molecule has 8 heteroatoms. The molecule has 0 aliphatic rings. The van der Waals surface area contributed by atoms with Crippen molar-refractivity contribution < 1.29 is 0 Å². The number of fused-ring (bicyclic) bond motifs is 1. The summed E-state index contributed by atoms with van der Waals surface area (Å²) in [6.07, 6.45) is 1.45. The lowest BCUT2D eigenvalue weighted by atomic mass is 10.2. The van der Waals surface area contributed by atoms with Gasteiger partial charge < -0.3 is 0 Å². The molecule has 0 atom stereocenters. The molecule has 2 aromatic heterocycles. The Morgan fingerprint density at radius 2 is 2.21 bits per heavy atom. The highest BCUT2D eigenvalue weighted by Gasteiger charge is 2.09. The molecule has 24 heavy (non-hydrogen) atoms. The van der Waals surface area contributed by atoms with Gasteiger partial charge in [-0.2, -0.15) is 5.26 Å². The summed E-state index contributed by atoms with van der Waals surface area (Å²) in [4.78, 5) is 21.2. The number of hydrogen-bond donors (Lipinski definition) is 1. The Morgan fingerprint density at radius 1 is 1.42 bits per heavy atom. The average Bonchev–Trinajstić information content (AvgIpc) is 2.96. The average molecular weight is 358 g/mol. The van der Waals surface area contributed by atoms with E-state index in [1.54, 1.807) is 25.1 Å². The van der Waals surface area contributed by atoms with Crippen LogP contribution in [0.5, 0.6) is 0 Å². The molecule has 1 aromatic carbocycles. The van der Waals surface area contributed by atoms with Crippen molar-refractivity contribution >= 4 is 39.4 Å². The third-order valence-electron chi connectivity index (χ3n) is 3.31. The topological polar surface area (TPSA) is 83.6 Å². The number of rotatable bonds is 3. The highest BCUT2D eigenvalue weighted by molar-refractivity contribution is 7.10. The van der Waals surface area contributed by atoms with Crippen molar-refractivity contribution in [1.29, 1.82) is 5.26 Å². The molecule has 0 bridgehead atoms. The van der Waals surface area contributed by atoms with Gasteiger partial charge in [0.05, 0.1) is 10.9 Å². The highest BCUT2D eigenvalue weighted by atomic mass is 35.5. The third-order valence-corrected chi connectivity index (χ3v) is 4.54. The number of thiazole rings is 1. The zero-order valence-corrected chi connectivity index (χ0v) is 14.4. The molecule has 0 fully saturated rings. The second kappa shape index (κ2) is 6.43. The number of aromatic nitrogens is 3. The molecule has 0 aliphatic heterocycles. The van der Waals surface area contributed by atoms with E-state index < -0.39 is 0 Å². The predicted octanol–water partition coefficient (Wildman–Crippen LogP) is 3.23. The van der Waals surface area contributed by atoms with E-state index in [0.717, 1.165) is 5.69 Å². The summed E-state index contributed by atoms with van der Waals surface area (Å²) < 4.78 is 1.29. The van der Waals surface area contributed by atoms with Crippen molar-refractivity contribution in [2.45, 2.75) is 13.8 Å². The van der Waals surface area contributed by atoms with Gasteiger partial charge in [-0.25, -0.2) is 14.6 Å². The monoisotopic (exact) mass is 357 g/mol. The largest absolute Gasteiger partial charge is 0.296 e. The van der Waals surface area contributed by atoms with Crippen molar-refractivity contribution in [3.63, 3.8) is 0 Å². The van der Waals surface area contributed by atoms with Crippen LogP contribution in [0.2, 0.25) is 5.02 Å². The Labute approximate surface area is 146 Å². The molecule has 6 nitrogen and oxygen atoms in total. The van der Waals surface area contributed by atoms with Crippen LogP contribution in [0.25, 0.3) is 16.5 Å². The van der Waals surface area contributed by atoms with Crippen molar-refractivity contribution in [2.75, 3.05) is 5.43 Å². The Balaban J connectivity index is 2.04. The number of hydrogen-bond acceptors (Lipinski definition) is 6. The molecule has 0 amide bonds. The summed E-state index contributed by atoms with van der Waals surface area (Å²) in [6.45, 7) is 3.55. The fourth-order valence-electron chi connectivity index (χ4n) is 2.17. The standard InChI is InChI=1S/C16H12ClN5OS/c1-9-8-24-15(20-9)11(6-18)7-19-22-10(2)21-14-5-12(17)3-4-13(14)16(22)23/h3-5,7-8,19H,1-2H3/b11-7+. The van der Waals surface area contributed by atoms with Crippen molar-refractivity contribution in [3.8, 4) is 6.07 Å². The van der Waals surface area contributed by atoms with Gasteiger partial charge in [0.1, 0.15) is 22.5 Å². The molecule has 0 saturated heterocycles. The predicted molar refractivity (Wildman–Crippen MR) is 95.6 cm³/mol. The lowest BCUT2D eigenvalue weighted by Crippen LogP contribution is -2.29. The summed E-state index contributed by atoms with van der Waals surface area (Å²) in [7, 11) is 0. The first kappa shape index (κ1) is 16.2. The first-order chi connectivity index (χ1) is 11.5. The minimum atomic E-state index is -0.266. The molecule has 120 valence electrons. The van der Waals surface area contributed by atoms with E-state index in [-0.39, 0.29) is 5.56 Å². The minimum absolute atomic E-state index is 0.266. The van der Waals surface area contributed by atoms with Crippen LogP contribution in [-0.2, 0) is 0 Å². The molecule has 0 spiro atoms. The summed E-state index contributed by atoms with van der Waals surface area (Å²) >= 11 is 7.31. The van der Waals surface area contributed by atoms with Gasteiger partial charge in [0.25, 0.3) is 5.56 Å². The SMILES string of the molecule is Cc1csc(/C(C#N)=C/Nn2c(C)nc3cc(Cl)ccc3c2=O)n1. The second-order valence-electron chi connectivity index (χ2n) is 5.05. The van der Waals surface area contributed by atoms with Gasteiger partial charge in [-0.1, -0.05) is 11.6 Å². The highest BCUT2D eigenvalue weighted by Crippen LogP contribution is 2.18. The molecular formula is C16H12ClN5OS. The van der Waals surface area contributed by atoms with Crippen LogP contribution in [-0.4, -0.2) is 14.6 Å². The van der Waals surface area contributed by atoms with Crippen LogP contribution in [0.3, 0.4) is 0 Å². The lowest BCUT2D eigenvalue weighted by Gasteiger charge is -2.10. The van der Waals surface area contributed by atoms with Crippen molar-refractivity contribution in [1.82, 2.24) is 14.6 Å². The smallest absolute Gasteiger partial charge is 0.280 e. The minimum Gasteiger partial charge on any atom is -0.296 e. The number of aryl methyl sites for hydroxylation is 2. The van der Waals surface area contributed by atoms with E-state index in [0.29, 0.717) is 32.3 Å². The van der Waals surface area contributed by atoms with Gasteiger partial charge in [-0.05, 0) is 32.0 Å². The first-order valence-corrected chi connectivity index (χ1v) is 8.23. The summed E-state index contributed by atoms with van der Waals surface area (Å²) in [6, 6.07) is 6.99. The molecular weight excluding hydrogens is 346 g/mol. The summed E-state index contributed by atoms with van der Waals surface area (Å²) in [5.41, 5.74) is 4.29. The number of benzene rings is 1. The summed E-state index contributed by atoms with van der Waals surface area (Å²) in [5, 5.41) is 12.7. The van der Waals surface area contributed by atoms with Gasteiger partial charge in [-0.3, -0.25) is 10.2 Å². The van der Waals surface area contributed by atoms with Gasteiger partial charge >= 0.3 is 0 Å². The fraction of sp³-hybridized carbons (Fsp3) is 0.125. The second-order valence-corrected chi connectivity index (χ2v) is 6.35. The first-order valence-electron chi connectivity index (χ1n) is 6.98. The van der Waals surface area contributed by atoms with Crippen LogP contribution in [0.4, 0.5) is 0 Å². The van der Waals surface area contributed by atoms with E-state index in [2.05, 4.69) is 21.5 Å². The van der Waals surface area contributed by atoms with Crippen LogP contribution in [0.1, 0.15) is 16.5 Å². The Kier molecular flexibility index (Phi) is 4.34. The van der Waals surface area contributed by atoms with Gasteiger partial charge in [0.2, 0.25) is 0 Å². The lowest BCUT2D eigenvalue weighted by molar-refractivity contribution is 0.822. The zero-order chi connectivity index (χ0) is 17.3. The molecule has 0 unspecified atom stereocenters. The van der Waals surface area contributed by atoms with Crippen LogP contribution >= 0.6 is 22.9 Å². The molecule has 1 N–H and O–H groups in total. The molecule has 2 heterocycles. The van der Waals surface area contributed by atoms with Gasteiger partial charge in [-0.15, -0.1) is 11.3 Å². The van der Waals surface area contributed by atoms with Gasteiger partial charge in [0.15, 0.2) is 0 Å². The Morgan fingerprint density at radius 3 is 2.88 bits per heavy atom. The number of halogens is 1. The fourth-order valence-corrected chi connectivity index (χ4v) is 3.10. The van der Waals surface area contributed by atoms with Crippen LogP contribution in [0, 0.1) is 25.2 Å². The Bertz CT molecular complexity index is 1060. The molecule has 3 rings (SSSR count). The van der Waals surface area contributed by atoms with E-state index >= 15 is 0 Å². The maximum Gasteiger partial charge on any atom is 0.280 e. The van der Waals surface area contributed by atoms with Gasteiger partial charge in [0, 0.05) is 22.3 Å². The van der Waals surface area contributed by atoms with E-state index in [9.17, 15) is 10.1 Å². The van der Waals surface area contributed by atoms with Crippen molar-refractivity contribution in [2.24, 2.45) is 0 Å². The number of nitrogens with zero attached hydrogens (tertiary/aromatic N) is 4. The molecule has 0 aliphatic carbocycles. The maximum absolute atomic E-state index is 12.6. The van der Waals surface area contributed by atoms with Crippen LogP contribution < -0.4 is 11.0 Å². The molecule has 0 radical (unpaired) electrons. The zero-order valence-electron chi connectivity index (χ0n) is 12.9. The van der Waals surface area contributed by atoms with Crippen LogP contribution in [0.15, 0.2) is 34.6 Å². The number of nitrogens with one attached hydrogen (secondary N) is 1. The summed E-state index contributed by atoms with van der Waals surface area (Å²) in [5.74, 6) is 0.457. The molecule has 0 saturated carbocycles. The Hall–Kier alpha value is -2.69. The normalized spacial score (nSPS) is 11.5. The number of nitriles is 1. The maximum atomic E-state index is 12.6. The van der Waals surface area contributed by atoms with E-state index in [4.69, 9.17) is 11.6 Å². The quantitative estimate of drug-likeness (QED) is 0.727. The third kappa shape index (κ3) is 3.02. The van der Waals surface area contributed by atoms with E-state index in [1.165, 1.54) is 22.2 Å².